The molecule has 0 radical (unpaired) electrons. The van der Waals surface area contributed by atoms with Crippen molar-refractivity contribution in [2.45, 2.75) is 5.72 Å². The lowest BCUT2D eigenvalue weighted by Crippen LogP contribution is -2.52. The molecule has 6 nitrogen and oxygen atoms in total. The smallest absolute Gasteiger partial charge is 0.324 e. The number of aliphatic hydroxyl groups is 1. The number of urea groups is 1. The lowest BCUT2D eigenvalue weighted by molar-refractivity contribution is -0.135. The number of rotatable bonds is 1. The van der Waals surface area contributed by atoms with Crippen molar-refractivity contribution in [3.8, 4) is 0 Å². The zero-order valence-corrected chi connectivity index (χ0v) is 5.05. The zero-order chi connectivity index (χ0) is 7.78. The number of carbonyl (C=O) groups excluding carboxylic acids is 2. The molecular weight excluding hydrogens is 138 g/mol. The second kappa shape index (κ2) is 1.93. The minimum absolute atomic E-state index is 0.329. The van der Waals surface area contributed by atoms with Crippen LogP contribution in [-0.2, 0) is 4.79 Å². The third kappa shape index (κ3) is 0.829. The van der Waals surface area contributed by atoms with E-state index >= 15 is 0 Å². The van der Waals surface area contributed by atoms with Crippen LogP contribution in [-0.4, -0.2) is 29.3 Å². The zero-order valence-electron chi connectivity index (χ0n) is 5.05. The average molecular weight is 145 g/mol. The molecule has 5 N–H and O–H groups in total. The fraction of sp³-hybridized carbons (Fsp3) is 0.500. The first kappa shape index (κ1) is 6.97. The van der Waals surface area contributed by atoms with Crippen molar-refractivity contribution in [3.63, 3.8) is 0 Å². The summed E-state index contributed by atoms with van der Waals surface area (Å²) in [7, 11) is 0. The van der Waals surface area contributed by atoms with Gasteiger partial charge in [-0.3, -0.25) is 10.1 Å². The summed E-state index contributed by atoms with van der Waals surface area (Å²) in [6, 6.07) is -0.724. The van der Waals surface area contributed by atoms with Crippen LogP contribution in [0.3, 0.4) is 0 Å². The Kier molecular flexibility index (Phi) is 1.34. The maximum Gasteiger partial charge on any atom is 0.324 e. The van der Waals surface area contributed by atoms with Gasteiger partial charge in [0.15, 0.2) is 0 Å². The number of carbonyl (C=O) groups is 2. The minimum atomic E-state index is -1.91. The molecule has 10 heavy (non-hydrogen) atoms. The quantitative estimate of drug-likeness (QED) is 0.305. The molecule has 0 saturated carbocycles. The van der Waals surface area contributed by atoms with Crippen LogP contribution in [0.2, 0.25) is 0 Å². The molecular formula is C4H7N3O3. The number of nitrogens with two attached hydrogens (primary N) is 1. The summed E-state index contributed by atoms with van der Waals surface area (Å²) in [5.41, 5.74) is 3.09. The second-order valence-electron chi connectivity index (χ2n) is 1.97. The predicted molar refractivity (Wildman–Crippen MR) is 30.7 cm³/mol. The van der Waals surface area contributed by atoms with Crippen LogP contribution in [0.4, 0.5) is 4.79 Å². The highest BCUT2D eigenvalue weighted by molar-refractivity contribution is 6.05. The molecule has 0 aromatic rings. The van der Waals surface area contributed by atoms with Gasteiger partial charge < -0.3 is 16.2 Å². The van der Waals surface area contributed by atoms with Gasteiger partial charge in [0.2, 0.25) is 5.72 Å². The van der Waals surface area contributed by atoms with Crippen LogP contribution in [0.1, 0.15) is 0 Å². The van der Waals surface area contributed by atoms with Crippen LogP contribution < -0.4 is 16.4 Å². The van der Waals surface area contributed by atoms with Crippen LogP contribution in [0.15, 0.2) is 0 Å². The summed E-state index contributed by atoms with van der Waals surface area (Å²) in [5, 5.41) is 12.9. The molecule has 56 valence electrons. The predicted octanol–water partition coefficient (Wildman–Crippen LogP) is -2.53. The van der Waals surface area contributed by atoms with Crippen LogP contribution in [0.5, 0.6) is 0 Å². The summed E-state index contributed by atoms with van der Waals surface area (Å²) in [4.78, 5) is 21.0. The van der Waals surface area contributed by atoms with E-state index in [1.165, 1.54) is 0 Å². The van der Waals surface area contributed by atoms with Gasteiger partial charge in [0.25, 0.3) is 5.91 Å². The normalized spacial score (nSPS) is 31.8. The fourth-order valence-corrected chi connectivity index (χ4v) is 0.626. The summed E-state index contributed by atoms with van der Waals surface area (Å²) in [6.45, 7) is -0.329. The molecule has 0 bridgehead atoms. The van der Waals surface area contributed by atoms with Crippen molar-refractivity contribution < 1.29 is 14.7 Å². The second-order valence-corrected chi connectivity index (χ2v) is 1.97. The van der Waals surface area contributed by atoms with Gasteiger partial charge in [0, 0.05) is 0 Å². The third-order valence-electron chi connectivity index (χ3n) is 1.22. The van der Waals surface area contributed by atoms with Gasteiger partial charge >= 0.3 is 6.03 Å². The number of nitrogens with one attached hydrogen (secondary N) is 2. The first-order valence-electron chi connectivity index (χ1n) is 2.64. The Morgan fingerprint density at radius 1 is 1.60 bits per heavy atom. The van der Waals surface area contributed by atoms with E-state index < -0.39 is 17.7 Å². The Hall–Kier alpha value is -1.14. The van der Waals surface area contributed by atoms with Crippen LogP contribution in [0, 0.1) is 0 Å². The van der Waals surface area contributed by atoms with Gasteiger partial charge in [0.1, 0.15) is 0 Å². The van der Waals surface area contributed by atoms with Gasteiger partial charge in [0.05, 0.1) is 6.54 Å². The number of amides is 3. The van der Waals surface area contributed by atoms with E-state index in [4.69, 9.17) is 10.8 Å². The molecule has 1 rings (SSSR count). The molecule has 0 aromatic carbocycles. The van der Waals surface area contributed by atoms with Crippen molar-refractivity contribution >= 4 is 11.9 Å². The van der Waals surface area contributed by atoms with Crippen molar-refractivity contribution in [3.05, 3.63) is 0 Å². The SMILES string of the molecule is NC[C@@]1(O)NC(=O)NC1=O. The Labute approximate surface area is 56.4 Å². The molecule has 0 unspecified atom stereocenters. The molecule has 1 saturated heterocycles. The molecule has 6 heteroatoms. The summed E-state index contributed by atoms with van der Waals surface area (Å²) in [6.07, 6.45) is 0. The van der Waals surface area contributed by atoms with E-state index in [1.807, 2.05) is 10.6 Å². The van der Waals surface area contributed by atoms with Crippen LogP contribution >= 0.6 is 0 Å². The van der Waals surface area contributed by atoms with E-state index in [1.54, 1.807) is 0 Å². The van der Waals surface area contributed by atoms with Crippen LogP contribution in [0.25, 0.3) is 0 Å². The highest BCUT2D eigenvalue weighted by Gasteiger charge is 2.43. The maximum absolute atomic E-state index is 10.6. The molecule has 0 spiro atoms. The Morgan fingerprint density at radius 2 is 2.20 bits per heavy atom. The highest BCUT2D eigenvalue weighted by Crippen LogP contribution is 2.02. The standard InChI is InChI=1S/C4H7N3O3/c5-1-4(10)2(8)6-3(9)7-4/h10H,1,5H2,(H2,6,7,8,9)/t4-/m0/s1. The molecule has 1 atom stereocenters. The average Bonchev–Trinajstić information content (AvgIpc) is 2.09. The van der Waals surface area contributed by atoms with E-state index in [0.29, 0.717) is 0 Å². The molecule has 0 aliphatic carbocycles. The molecule has 1 aliphatic rings. The van der Waals surface area contributed by atoms with Gasteiger partial charge in [-0.05, 0) is 0 Å². The fourth-order valence-electron chi connectivity index (χ4n) is 0.626. The van der Waals surface area contributed by atoms with Crippen molar-refractivity contribution in [1.82, 2.24) is 10.6 Å². The molecule has 1 fully saturated rings. The summed E-state index contributed by atoms with van der Waals surface area (Å²) in [5.74, 6) is -0.806. The number of imide groups is 1. The summed E-state index contributed by atoms with van der Waals surface area (Å²) >= 11 is 0. The monoisotopic (exact) mass is 145 g/mol. The molecule has 1 aliphatic heterocycles. The lowest BCUT2D eigenvalue weighted by Gasteiger charge is -2.14. The highest BCUT2D eigenvalue weighted by atomic mass is 16.3. The molecule has 0 aromatic heterocycles. The molecule has 3 amide bonds. The first-order valence-corrected chi connectivity index (χ1v) is 2.64. The largest absolute Gasteiger partial charge is 0.362 e. The minimum Gasteiger partial charge on any atom is -0.362 e. The van der Waals surface area contributed by atoms with E-state index in [0.717, 1.165) is 0 Å². The van der Waals surface area contributed by atoms with Gasteiger partial charge in [-0.15, -0.1) is 0 Å². The third-order valence-corrected chi connectivity index (χ3v) is 1.22. The van der Waals surface area contributed by atoms with Crippen molar-refractivity contribution in [2.75, 3.05) is 6.54 Å². The number of hydrogen-bond donors (Lipinski definition) is 4. The van der Waals surface area contributed by atoms with Gasteiger partial charge in [-0.2, -0.15) is 0 Å². The first-order chi connectivity index (χ1) is 4.58. The van der Waals surface area contributed by atoms with E-state index in [-0.39, 0.29) is 6.54 Å². The molecule has 1 heterocycles. The lowest BCUT2D eigenvalue weighted by atomic mass is 10.2. The van der Waals surface area contributed by atoms with Gasteiger partial charge in [-0.1, -0.05) is 0 Å². The van der Waals surface area contributed by atoms with E-state index in [9.17, 15) is 9.59 Å². The summed E-state index contributed by atoms with van der Waals surface area (Å²) < 4.78 is 0. The van der Waals surface area contributed by atoms with Crippen molar-refractivity contribution in [1.29, 1.82) is 0 Å². The number of hydrogen-bond acceptors (Lipinski definition) is 4. The van der Waals surface area contributed by atoms with Crippen molar-refractivity contribution in [2.24, 2.45) is 5.73 Å². The maximum atomic E-state index is 10.6. The van der Waals surface area contributed by atoms with Gasteiger partial charge in [-0.25, -0.2) is 4.79 Å². The Balaban J connectivity index is 2.80. The Bertz CT molecular complexity index is 192. The Morgan fingerprint density at radius 3 is 2.40 bits per heavy atom. The topological polar surface area (TPSA) is 104 Å². The van der Waals surface area contributed by atoms with E-state index in [2.05, 4.69) is 0 Å².